The third-order valence-electron chi connectivity index (χ3n) is 5.81. The minimum absolute atomic E-state index is 0.265. The predicted octanol–water partition coefficient (Wildman–Crippen LogP) is 2.52. The van der Waals surface area contributed by atoms with Crippen LogP contribution in [0.2, 0.25) is 0 Å². The summed E-state index contributed by atoms with van der Waals surface area (Å²) in [5.74, 6) is 0.265. The van der Waals surface area contributed by atoms with Gasteiger partial charge < -0.3 is 14.4 Å². The number of benzene rings is 1. The Morgan fingerprint density at radius 1 is 1.04 bits per heavy atom. The fraction of sp³-hybridized carbons (Fsp3) is 0.476. The van der Waals surface area contributed by atoms with Gasteiger partial charge in [-0.25, -0.2) is 0 Å². The molecule has 5 heteroatoms. The zero-order valence-corrected chi connectivity index (χ0v) is 15.8. The molecule has 1 atom stereocenters. The van der Waals surface area contributed by atoms with Crippen molar-refractivity contribution in [2.45, 2.75) is 26.4 Å². The van der Waals surface area contributed by atoms with Crippen molar-refractivity contribution >= 4 is 11.6 Å². The van der Waals surface area contributed by atoms with Crippen LogP contribution in [0, 0.1) is 6.92 Å². The Labute approximate surface area is 155 Å². The monoisotopic (exact) mass is 352 g/mol. The summed E-state index contributed by atoms with van der Waals surface area (Å²) in [4.78, 5) is 19.5. The lowest BCUT2D eigenvalue weighted by Crippen LogP contribution is -2.52. The van der Waals surface area contributed by atoms with Crippen LogP contribution in [0.1, 0.15) is 24.2 Å². The second kappa shape index (κ2) is 7.16. The van der Waals surface area contributed by atoms with E-state index in [1.54, 1.807) is 0 Å². The minimum Gasteiger partial charge on any atom is -0.368 e. The summed E-state index contributed by atoms with van der Waals surface area (Å²) in [6.07, 6.45) is 2.13. The number of hydrogen-bond acceptors (Lipinski definition) is 3. The van der Waals surface area contributed by atoms with Crippen LogP contribution in [-0.4, -0.2) is 59.5 Å². The molecule has 0 aliphatic carbocycles. The van der Waals surface area contributed by atoms with E-state index in [0.717, 1.165) is 39.3 Å². The number of aryl methyl sites for hydroxylation is 1. The van der Waals surface area contributed by atoms with Crippen LogP contribution in [0.5, 0.6) is 0 Å². The van der Waals surface area contributed by atoms with Gasteiger partial charge in [-0.1, -0.05) is 12.1 Å². The Bertz CT molecular complexity index is 776. The summed E-state index contributed by atoms with van der Waals surface area (Å²) < 4.78 is 2.30. The van der Waals surface area contributed by atoms with Gasteiger partial charge in [0.15, 0.2) is 0 Å². The summed E-state index contributed by atoms with van der Waals surface area (Å²) in [6.45, 7) is 10.2. The first-order valence-corrected chi connectivity index (χ1v) is 9.60. The predicted molar refractivity (Wildman–Crippen MR) is 104 cm³/mol. The molecule has 2 aliphatic heterocycles. The minimum atomic E-state index is 0.265. The molecule has 5 nitrogen and oxygen atoms in total. The molecule has 1 fully saturated rings. The summed E-state index contributed by atoms with van der Waals surface area (Å²) in [5.41, 5.74) is 3.86. The van der Waals surface area contributed by atoms with E-state index in [2.05, 4.69) is 70.8 Å². The number of hydrogen-bond donors (Lipinski definition) is 0. The molecule has 26 heavy (non-hydrogen) atoms. The molecule has 138 valence electrons. The largest absolute Gasteiger partial charge is 0.368 e. The molecule has 1 amide bonds. The number of aromatic nitrogens is 1. The normalized spacial score (nSPS) is 20.9. The van der Waals surface area contributed by atoms with Gasteiger partial charge in [0.1, 0.15) is 0 Å². The number of fused-ring (bicyclic) bond motifs is 1. The molecule has 2 aromatic rings. The summed E-state index contributed by atoms with van der Waals surface area (Å²) >= 11 is 0. The van der Waals surface area contributed by atoms with Crippen molar-refractivity contribution in [1.29, 1.82) is 0 Å². The van der Waals surface area contributed by atoms with Crippen LogP contribution in [0.25, 0.3) is 0 Å². The average molecular weight is 352 g/mol. The Hall–Kier alpha value is -2.27. The van der Waals surface area contributed by atoms with E-state index in [0.29, 0.717) is 12.6 Å². The van der Waals surface area contributed by atoms with Gasteiger partial charge in [0.2, 0.25) is 5.91 Å². The lowest BCUT2D eigenvalue weighted by molar-refractivity contribution is -0.133. The Kier molecular flexibility index (Phi) is 4.72. The third kappa shape index (κ3) is 3.36. The van der Waals surface area contributed by atoms with Gasteiger partial charge in [-0.15, -0.1) is 0 Å². The number of carbonyl (C=O) groups excluding carboxylic acids is 1. The number of rotatable bonds is 3. The zero-order chi connectivity index (χ0) is 18.1. The van der Waals surface area contributed by atoms with Crippen LogP contribution in [0.3, 0.4) is 0 Å². The molecular formula is C21H28N4O. The van der Waals surface area contributed by atoms with E-state index in [1.807, 2.05) is 4.90 Å². The maximum Gasteiger partial charge on any atom is 0.236 e. The third-order valence-corrected chi connectivity index (χ3v) is 5.81. The molecule has 0 radical (unpaired) electrons. The molecule has 0 bridgehead atoms. The van der Waals surface area contributed by atoms with E-state index in [1.165, 1.54) is 16.9 Å². The topological polar surface area (TPSA) is 31.7 Å². The van der Waals surface area contributed by atoms with Gasteiger partial charge in [-0.05, 0) is 43.7 Å². The van der Waals surface area contributed by atoms with Gasteiger partial charge in [-0.2, -0.15) is 0 Å². The van der Waals surface area contributed by atoms with Crippen molar-refractivity contribution < 1.29 is 4.79 Å². The second-order valence-corrected chi connectivity index (χ2v) is 7.48. The molecule has 0 unspecified atom stereocenters. The van der Waals surface area contributed by atoms with Crippen molar-refractivity contribution in [1.82, 2.24) is 14.4 Å². The van der Waals surface area contributed by atoms with E-state index >= 15 is 0 Å². The van der Waals surface area contributed by atoms with Crippen molar-refractivity contribution in [3.8, 4) is 0 Å². The summed E-state index contributed by atoms with van der Waals surface area (Å²) in [5, 5.41) is 0. The second-order valence-electron chi connectivity index (χ2n) is 7.48. The summed E-state index contributed by atoms with van der Waals surface area (Å²) in [7, 11) is 0. The first kappa shape index (κ1) is 17.2. The van der Waals surface area contributed by atoms with E-state index < -0.39 is 0 Å². The van der Waals surface area contributed by atoms with E-state index in [4.69, 9.17) is 0 Å². The molecule has 0 saturated carbocycles. The molecule has 0 N–H and O–H groups in total. The van der Waals surface area contributed by atoms with Gasteiger partial charge >= 0.3 is 0 Å². The van der Waals surface area contributed by atoms with Crippen LogP contribution in [0.4, 0.5) is 5.69 Å². The molecule has 1 aromatic heterocycles. The lowest BCUT2D eigenvalue weighted by atomic mass is 10.1. The van der Waals surface area contributed by atoms with Crippen LogP contribution >= 0.6 is 0 Å². The van der Waals surface area contributed by atoms with Gasteiger partial charge in [0.05, 0.1) is 6.54 Å². The fourth-order valence-corrected chi connectivity index (χ4v) is 4.16. The molecule has 3 heterocycles. The highest BCUT2D eigenvalue weighted by Gasteiger charge is 2.28. The highest BCUT2D eigenvalue weighted by molar-refractivity contribution is 5.78. The van der Waals surface area contributed by atoms with Gasteiger partial charge in [0.25, 0.3) is 0 Å². The highest BCUT2D eigenvalue weighted by Crippen LogP contribution is 2.25. The Morgan fingerprint density at radius 2 is 1.85 bits per heavy atom. The molecule has 1 aromatic carbocycles. The Morgan fingerprint density at radius 3 is 2.62 bits per heavy atom. The van der Waals surface area contributed by atoms with Gasteiger partial charge in [0, 0.05) is 62.9 Å². The van der Waals surface area contributed by atoms with Gasteiger partial charge in [-0.3, -0.25) is 9.69 Å². The molecule has 0 spiro atoms. The van der Waals surface area contributed by atoms with Crippen molar-refractivity contribution in [2.75, 3.05) is 44.2 Å². The van der Waals surface area contributed by atoms with Crippen molar-refractivity contribution in [3.63, 3.8) is 0 Å². The standard InChI is InChI=1S/C21H28N4O/c1-17-5-3-6-19(15-17)22-9-12-24(13-10-22)21(26)16-25-14-11-23-8-4-7-20(23)18(25)2/h3-8,15,18H,9-14,16H2,1-2H3/t18-/m0/s1. The summed E-state index contributed by atoms with van der Waals surface area (Å²) in [6, 6.07) is 13.2. The molecule has 4 rings (SSSR count). The smallest absolute Gasteiger partial charge is 0.236 e. The van der Waals surface area contributed by atoms with E-state index in [9.17, 15) is 4.79 Å². The molecule has 1 saturated heterocycles. The average Bonchev–Trinajstić information content (AvgIpc) is 3.14. The number of piperazine rings is 1. The van der Waals surface area contributed by atoms with Crippen molar-refractivity contribution in [3.05, 3.63) is 53.9 Å². The molecule has 2 aliphatic rings. The zero-order valence-electron chi connectivity index (χ0n) is 15.8. The Balaban J connectivity index is 1.33. The highest BCUT2D eigenvalue weighted by atomic mass is 16.2. The van der Waals surface area contributed by atoms with Crippen molar-refractivity contribution in [2.24, 2.45) is 0 Å². The fourth-order valence-electron chi connectivity index (χ4n) is 4.16. The van der Waals surface area contributed by atoms with Crippen LogP contribution in [0.15, 0.2) is 42.6 Å². The maximum atomic E-state index is 12.8. The number of nitrogens with zero attached hydrogens (tertiary/aromatic N) is 4. The quantitative estimate of drug-likeness (QED) is 0.851. The number of anilines is 1. The first-order valence-electron chi connectivity index (χ1n) is 9.60. The van der Waals surface area contributed by atoms with E-state index in [-0.39, 0.29) is 5.91 Å². The number of amides is 1. The lowest BCUT2D eigenvalue weighted by Gasteiger charge is -2.39. The van der Waals surface area contributed by atoms with Crippen LogP contribution in [-0.2, 0) is 11.3 Å². The SMILES string of the molecule is Cc1cccc(N2CCN(C(=O)CN3CCn4cccc4[C@@H]3C)CC2)c1. The molecular weight excluding hydrogens is 324 g/mol. The maximum absolute atomic E-state index is 12.8. The number of carbonyl (C=O) groups is 1. The first-order chi connectivity index (χ1) is 12.6. The van der Waals surface area contributed by atoms with Crippen LogP contribution < -0.4 is 4.90 Å².